The molecule has 0 bridgehead atoms. The third-order valence-corrected chi connectivity index (χ3v) is 7.17. The molecule has 1 aromatic rings. The van der Waals surface area contributed by atoms with Crippen molar-refractivity contribution in [2.45, 2.75) is 43.4 Å². The summed E-state index contributed by atoms with van der Waals surface area (Å²) in [6, 6.07) is 6.04. The number of nitrogens with zero attached hydrogens (tertiary/aromatic N) is 2. The predicted molar refractivity (Wildman–Crippen MR) is 108 cm³/mol. The lowest BCUT2D eigenvalue weighted by atomic mass is 10.1. The fraction of sp³-hybridized carbons (Fsp3) is 0.550. The van der Waals surface area contributed by atoms with E-state index < -0.39 is 34.5 Å². The van der Waals surface area contributed by atoms with Crippen LogP contribution in [0.25, 0.3) is 0 Å². The van der Waals surface area contributed by atoms with Gasteiger partial charge in [-0.2, -0.15) is 4.31 Å². The van der Waals surface area contributed by atoms with Crippen LogP contribution in [0.4, 0.5) is 4.79 Å². The van der Waals surface area contributed by atoms with Gasteiger partial charge in [-0.15, -0.1) is 0 Å². The lowest BCUT2D eigenvalue weighted by molar-refractivity contribution is -0.150. The Bertz CT molecular complexity index is 876. The molecule has 1 N–H and O–H groups in total. The summed E-state index contributed by atoms with van der Waals surface area (Å²) >= 11 is 0. The molecular formula is C20H27N3O6S. The first-order valence-electron chi connectivity index (χ1n) is 10.2. The van der Waals surface area contributed by atoms with E-state index in [1.165, 1.54) is 0 Å². The number of imide groups is 1. The maximum Gasteiger partial charge on any atom is 0.324 e. The topological polar surface area (TPSA) is 113 Å². The Morgan fingerprint density at radius 3 is 2.27 bits per heavy atom. The minimum atomic E-state index is -3.50. The summed E-state index contributed by atoms with van der Waals surface area (Å²) in [5.41, 5.74) is 0.798. The Hall–Kier alpha value is -2.46. The molecule has 2 heterocycles. The first-order chi connectivity index (χ1) is 14.4. The Morgan fingerprint density at radius 2 is 1.67 bits per heavy atom. The first kappa shape index (κ1) is 22.2. The zero-order valence-electron chi connectivity index (χ0n) is 16.8. The van der Waals surface area contributed by atoms with Crippen LogP contribution >= 0.6 is 0 Å². The maximum absolute atomic E-state index is 12.8. The third-order valence-electron chi connectivity index (χ3n) is 5.26. The Morgan fingerprint density at radius 1 is 1.00 bits per heavy atom. The van der Waals surface area contributed by atoms with Crippen molar-refractivity contribution in [2.24, 2.45) is 0 Å². The van der Waals surface area contributed by atoms with Gasteiger partial charge in [-0.3, -0.25) is 14.5 Å². The molecule has 1 aromatic carbocycles. The lowest BCUT2D eigenvalue weighted by Crippen LogP contribution is -2.37. The summed E-state index contributed by atoms with van der Waals surface area (Å²) in [6.45, 7) is 1.28. The minimum absolute atomic E-state index is 0.0533. The summed E-state index contributed by atoms with van der Waals surface area (Å²) < 4.78 is 32.1. The molecule has 0 saturated carbocycles. The molecule has 2 aliphatic heterocycles. The molecule has 2 aliphatic rings. The monoisotopic (exact) mass is 437 g/mol. The fourth-order valence-corrected chi connectivity index (χ4v) is 5.02. The highest BCUT2D eigenvalue weighted by atomic mass is 32.2. The van der Waals surface area contributed by atoms with E-state index in [-0.39, 0.29) is 17.9 Å². The van der Waals surface area contributed by atoms with Gasteiger partial charge < -0.3 is 10.1 Å². The number of benzene rings is 1. The van der Waals surface area contributed by atoms with Crippen LogP contribution in [0.2, 0.25) is 0 Å². The van der Waals surface area contributed by atoms with E-state index in [1.54, 1.807) is 28.6 Å². The van der Waals surface area contributed by atoms with Crippen molar-refractivity contribution in [3.05, 3.63) is 29.8 Å². The second-order valence-electron chi connectivity index (χ2n) is 7.40. The van der Waals surface area contributed by atoms with Gasteiger partial charge in [0, 0.05) is 32.6 Å². The van der Waals surface area contributed by atoms with Crippen molar-refractivity contribution in [3.63, 3.8) is 0 Å². The van der Waals surface area contributed by atoms with Crippen LogP contribution in [0.3, 0.4) is 0 Å². The summed E-state index contributed by atoms with van der Waals surface area (Å²) in [7, 11) is -3.50. The van der Waals surface area contributed by atoms with Gasteiger partial charge in [0.05, 0.1) is 4.90 Å². The van der Waals surface area contributed by atoms with Crippen molar-refractivity contribution in [2.75, 3.05) is 32.8 Å². The number of carbonyl (C=O) groups excluding carboxylic acids is 3. The molecule has 2 saturated heterocycles. The summed E-state index contributed by atoms with van der Waals surface area (Å²) in [6.07, 6.45) is 4.28. The summed E-state index contributed by atoms with van der Waals surface area (Å²) in [4.78, 5) is 36.4. The SMILES string of the molecule is O=C(CCc1ccc(S(=O)(=O)N2CCCCCC2)cc1)OCC(=O)N1CCNC1=O. The number of esters is 1. The molecule has 0 unspecified atom stereocenters. The van der Waals surface area contributed by atoms with Crippen molar-refractivity contribution in [1.29, 1.82) is 0 Å². The molecular weight excluding hydrogens is 410 g/mol. The van der Waals surface area contributed by atoms with Crippen LogP contribution < -0.4 is 5.32 Å². The van der Waals surface area contributed by atoms with Gasteiger partial charge in [-0.05, 0) is 37.0 Å². The van der Waals surface area contributed by atoms with Crippen molar-refractivity contribution in [3.8, 4) is 0 Å². The number of hydrogen-bond donors (Lipinski definition) is 1. The van der Waals surface area contributed by atoms with Gasteiger partial charge >= 0.3 is 12.0 Å². The lowest BCUT2D eigenvalue weighted by Gasteiger charge is -2.20. The molecule has 0 atom stereocenters. The fourth-order valence-electron chi connectivity index (χ4n) is 3.51. The molecule has 30 heavy (non-hydrogen) atoms. The van der Waals surface area contributed by atoms with E-state index >= 15 is 0 Å². The predicted octanol–water partition coefficient (Wildman–Crippen LogP) is 1.28. The van der Waals surface area contributed by atoms with Crippen LogP contribution in [0, 0.1) is 0 Å². The molecule has 0 radical (unpaired) electrons. The molecule has 0 spiro atoms. The molecule has 9 nitrogen and oxygen atoms in total. The van der Waals surface area contributed by atoms with E-state index in [9.17, 15) is 22.8 Å². The van der Waals surface area contributed by atoms with Gasteiger partial charge in [-0.1, -0.05) is 25.0 Å². The number of hydrogen-bond acceptors (Lipinski definition) is 6. The minimum Gasteiger partial charge on any atom is -0.456 e. The molecule has 0 aliphatic carbocycles. The summed E-state index contributed by atoms with van der Waals surface area (Å²) in [5.74, 6) is -1.11. The molecule has 2 fully saturated rings. The number of aryl methyl sites for hydroxylation is 1. The molecule has 0 aromatic heterocycles. The zero-order chi connectivity index (χ0) is 21.6. The number of urea groups is 1. The Labute approximate surface area is 176 Å². The van der Waals surface area contributed by atoms with Gasteiger partial charge in [0.2, 0.25) is 10.0 Å². The number of ether oxygens (including phenoxy) is 1. The number of carbonyl (C=O) groups is 3. The van der Waals surface area contributed by atoms with Gasteiger partial charge in [0.15, 0.2) is 6.61 Å². The summed E-state index contributed by atoms with van der Waals surface area (Å²) in [5, 5.41) is 2.50. The molecule has 164 valence electrons. The highest BCUT2D eigenvalue weighted by molar-refractivity contribution is 7.89. The highest BCUT2D eigenvalue weighted by Gasteiger charge is 2.27. The second kappa shape index (κ2) is 10.0. The van der Waals surface area contributed by atoms with E-state index in [2.05, 4.69) is 5.32 Å². The quantitative estimate of drug-likeness (QED) is 0.643. The zero-order valence-corrected chi connectivity index (χ0v) is 17.7. The number of rotatable bonds is 7. The number of sulfonamides is 1. The molecule has 3 rings (SSSR count). The Kier molecular flexibility index (Phi) is 7.43. The van der Waals surface area contributed by atoms with E-state index in [0.29, 0.717) is 26.1 Å². The smallest absolute Gasteiger partial charge is 0.324 e. The standard InChI is InChI=1S/C20H27N3O6S/c24-18(23-14-11-21-20(23)26)15-29-19(25)10-7-16-5-8-17(9-6-16)30(27,28)22-12-3-1-2-4-13-22/h5-6,8-9H,1-4,7,10-15H2,(H,21,26). The van der Waals surface area contributed by atoms with Gasteiger partial charge in [-0.25, -0.2) is 13.2 Å². The number of nitrogens with one attached hydrogen (secondary N) is 1. The van der Waals surface area contributed by atoms with Crippen LogP contribution in [0.1, 0.15) is 37.7 Å². The Balaban J connectivity index is 1.47. The number of amides is 3. The molecule has 10 heteroatoms. The normalized spacial score (nSPS) is 18.0. The molecule has 3 amide bonds. The van der Waals surface area contributed by atoms with Crippen molar-refractivity contribution < 1.29 is 27.5 Å². The third kappa shape index (κ3) is 5.57. The van der Waals surface area contributed by atoms with E-state index in [4.69, 9.17) is 4.74 Å². The van der Waals surface area contributed by atoms with Crippen LogP contribution in [-0.2, 0) is 30.8 Å². The van der Waals surface area contributed by atoms with Gasteiger partial charge in [0.25, 0.3) is 5.91 Å². The van der Waals surface area contributed by atoms with E-state index in [1.807, 2.05) is 0 Å². The van der Waals surface area contributed by atoms with Crippen LogP contribution in [0.15, 0.2) is 29.2 Å². The first-order valence-corrected chi connectivity index (χ1v) is 11.6. The average Bonchev–Trinajstić information content (AvgIpc) is 2.99. The second-order valence-corrected chi connectivity index (χ2v) is 9.34. The van der Waals surface area contributed by atoms with Crippen LogP contribution in [0.5, 0.6) is 0 Å². The van der Waals surface area contributed by atoms with Gasteiger partial charge in [0.1, 0.15) is 0 Å². The van der Waals surface area contributed by atoms with Crippen molar-refractivity contribution in [1.82, 2.24) is 14.5 Å². The average molecular weight is 438 g/mol. The van der Waals surface area contributed by atoms with E-state index in [0.717, 1.165) is 36.1 Å². The largest absolute Gasteiger partial charge is 0.456 e. The maximum atomic E-state index is 12.8. The van der Waals surface area contributed by atoms with Crippen molar-refractivity contribution >= 4 is 27.9 Å². The highest BCUT2D eigenvalue weighted by Crippen LogP contribution is 2.21. The van der Waals surface area contributed by atoms with Crippen LogP contribution in [-0.4, -0.2) is 68.3 Å².